The van der Waals surface area contributed by atoms with Crippen molar-refractivity contribution in [1.29, 1.82) is 0 Å². The Morgan fingerprint density at radius 2 is 1.74 bits per heavy atom. The fourth-order valence-electron chi connectivity index (χ4n) is 1.50. The fraction of sp³-hybridized carbons (Fsp3) is 0. The van der Waals surface area contributed by atoms with Crippen molar-refractivity contribution in [3.05, 3.63) is 63.2 Å². The molecule has 4 nitrogen and oxygen atoms in total. The van der Waals surface area contributed by atoms with Crippen LogP contribution in [0.1, 0.15) is 10.4 Å². The van der Waals surface area contributed by atoms with Crippen LogP contribution >= 0.6 is 23.4 Å². The van der Waals surface area contributed by atoms with Crippen LogP contribution in [0.4, 0.5) is 5.69 Å². The van der Waals surface area contributed by atoms with Crippen molar-refractivity contribution >= 4 is 35.3 Å². The largest absolute Gasteiger partial charge is 0.298 e. The van der Waals surface area contributed by atoms with Crippen molar-refractivity contribution in [3.63, 3.8) is 0 Å². The molecule has 0 saturated heterocycles. The van der Waals surface area contributed by atoms with Gasteiger partial charge in [0.05, 0.1) is 10.5 Å². The monoisotopic (exact) mass is 293 g/mol. The average Bonchev–Trinajstić information content (AvgIpc) is 2.41. The molecule has 0 unspecified atom stereocenters. The Hall–Kier alpha value is -1.85. The van der Waals surface area contributed by atoms with Gasteiger partial charge in [0.1, 0.15) is 0 Å². The average molecular weight is 294 g/mol. The molecule has 0 radical (unpaired) electrons. The molecule has 0 N–H and O–H groups in total. The summed E-state index contributed by atoms with van der Waals surface area (Å²) in [6.45, 7) is 0. The molecule has 0 amide bonds. The predicted octanol–water partition coefficient (Wildman–Crippen LogP) is 4.21. The van der Waals surface area contributed by atoms with E-state index in [9.17, 15) is 14.9 Å². The summed E-state index contributed by atoms with van der Waals surface area (Å²) in [7, 11) is 0. The molecular weight excluding hydrogens is 286 g/mol. The lowest BCUT2D eigenvalue weighted by Crippen LogP contribution is -1.94. The van der Waals surface area contributed by atoms with Gasteiger partial charge in [0.25, 0.3) is 5.69 Å². The summed E-state index contributed by atoms with van der Waals surface area (Å²) in [6, 6.07) is 11.7. The van der Waals surface area contributed by atoms with Gasteiger partial charge in [-0.1, -0.05) is 23.4 Å². The SMILES string of the molecule is O=Cc1cc(Sc2ccc(Cl)cc2)ccc1[N+](=O)[O-]. The number of nitro groups is 1. The maximum absolute atomic E-state index is 10.8. The number of rotatable bonds is 4. The maximum atomic E-state index is 10.8. The van der Waals surface area contributed by atoms with Crippen LogP contribution in [0.3, 0.4) is 0 Å². The zero-order chi connectivity index (χ0) is 13.8. The molecule has 96 valence electrons. The molecular formula is C13H8ClNO3S. The predicted molar refractivity (Wildman–Crippen MR) is 74.1 cm³/mol. The summed E-state index contributed by atoms with van der Waals surface area (Å²) in [5, 5.41) is 11.4. The Kier molecular flexibility index (Phi) is 4.19. The summed E-state index contributed by atoms with van der Waals surface area (Å²) in [6.07, 6.45) is 0.490. The second-order valence-corrected chi connectivity index (χ2v) is 5.23. The Morgan fingerprint density at radius 1 is 1.11 bits per heavy atom. The molecule has 0 aromatic heterocycles. The van der Waals surface area contributed by atoms with Crippen LogP contribution in [-0.2, 0) is 0 Å². The van der Waals surface area contributed by atoms with Gasteiger partial charge in [0.15, 0.2) is 6.29 Å². The van der Waals surface area contributed by atoms with Crippen molar-refractivity contribution < 1.29 is 9.72 Å². The molecule has 0 spiro atoms. The lowest BCUT2D eigenvalue weighted by molar-refractivity contribution is -0.385. The summed E-state index contributed by atoms with van der Waals surface area (Å²) < 4.78 is 0. The molecule has 0 aliphatic rings. The van der Waals surface area contributed by atoms with Gasteiger partial charge in [-0.05, 0) is 36.4 Å². The molecule has 0 heterocycles. The van der Waals surface area contributed by atoms with Gasteiger partial charge in [0, 0.05) is 20.9 Å². The number of hydrogen-bond acceptors (Lipinski definition) is 4. The summed E-state index contributed by atoms with van der Waals surface area (Å²) >= 11 is 7.19. The third-order valence-corrected chi connectivity index (χ3v) is 3.62. The number of hydrogen-bond donors (Lipinski definition) is 0. The molecule has 0 saturated carbocycles. The van der Waals surface area contributed by atoms with E-state index in [1.165, 1.54) is 23.9 Å². The highest BCUT2D eigenvalue weighted by atomic mass is 35.5. The highest BCUT2D eigenvalue weighted by Gasteiger charge is 2.13. The van der Waals surface area contributed by atoms with Gasteiger partial charge in [-0.15, -0.1) is 0 Å². The first kappa shape index (κ1) is 13.6. The maximum Gasteiger partial charge on any atom is 0.279 e. The highest BCUT2D eigenvalue weighted by Crippen LogP contribution is 2.31. The second kappa shape index (κ2) is 5.86. The minimum atomic E-state index is -0.569. The van der Waals surface area contributed by atoms with Crippen molar-refractivity contribution in [2.45, 2.75) is 9.79 Å². The first-order valence-corrected chi connectivity index (χ1v) is 6.46. The summed E-state index contributed by atoms with van der Waals surface area (Å²) in [5.74, 6) is 0. The number of aldehydes is 1. The normalized spacial score (nSPS) is 10.2. The Morgan fingerprint density at radius 3 is 2.32 bits per heavy atom. The molecule has 2 rings (SSSR count). The minimum absolute atomic E-state index is 0.0731. The minimum Gasteiger partial charge on any atom is -0.298 e. The van der Waals surface area contributed by atoms with Crippen molar-refractivity contribution in [1.82, 2.24) is 0 Å². The van der Waals surface area contributed by atoms with E-state index < -0.39 is 4.92 Å². The molecule has 2 aromatic rings. The van der Waals surface area contributed by atoms with E-state index in [1.54, 1.807) is 18.2 Å². The first-order valence-electron chi connectivity index (χ1n) is 5.27. The van der Waals surface area contributed by atoms with E-state index in [2.05, 4.69) is 0 Å². The molecule has 0 bridgehead atoms. The van der Waals surface area contributed by atoms with E-state index in [0.717, 1.165) is 9.79 Å². The number of nitro benzene ring substituents is 1. The van der Waals surface area contributed by atoms with Crippen LogP contribution in [0.15, 0.2) is 52.3 Å². The Balaban J connectivity index is 2.29. The van der Waals surface area contributed by atoms with Crippen LogP contribution in [0.2, 0.25) is 5.02 Å². The standard InChI is InChI=1S/C13H8ClNO3S/c14-10-1-3-11(4-2-10)19-12-5-6-13(15(17)18)9(7-12)8-16/h1-8H. The molecule has 0 fully saturated rings. The van der Waals surface area contributed by atoms with Gasteiger partial charge in [-0.25, -0.2) is 0 Å². The molecule has 0 aliphatic carbocycles. The van der Waals surface area contributed by atoms with E-state index >= 15 is 0 Å². The number of nitrogens with zero attached hydrogens (tertiary/aromatic N) is 1. The third-order valence-electron chi connectivity index (χ3n) is 2.37. The lowest BCUT2D eigenvalue weighted by atomic mass is 10.2. The first-order chi connectivity index (χ1) is 9.10. The fourth-order valence-corrected chi connectivity index (χ4v) is 2.49. The van der Waals surface area contributed by atoms with Crippen LogP contribution in [-0.4, -0.2) is 11.2 Å². The van der Waals surface area contributed by atoms with Gasteiger partial charge in [-0.3, -0.25) is 14.9 Å². The number of carbonyl (C=O) groups is 1. The molecule has 0 atom stereocenters. The van der Waals surface area contributed by atoms with E-state index in [4.69, 9.17) is 11.6 Å². The zero-order valence-corrected chi connectivity index (χ0v) is 11.1. The third kappa shape index (κ3) is 3.33. The van der Waals surface area contributed by atoms with Crippen LogP contribution in [0, 0.1) is 10.1 Å². The van der Waals surface area contributed by atoms with E-state index in [-0.39, 0.29) is 11.3 Å². The zero-order valence-electron chi connectivity index (χ0n) is 9.58. The lowest BCUT2D eigenvalue weighted by Gasteiger charge is -2.03. The van der Waals surface area contributed by atoms with Crippen LogP contribution < -0.4 is 0 Å². The molecule has 2 aromatic carbocycles. The number of carbonyl (C=O) groups excluding carboxylic acids is 1. The Bertz CT molecular complexity index is 628. The highest BCUT2D eigenvalue weighted by molar-refractivity contribution is 7.99. The second-order valence-electron chi connectivity index (χ2n) is 3.65. The van der Waals surface area contributed by atoms with Gasteiger partial charge in [-0.2, -0.15) is 0 Å². The number of benzene rings is 2. The van der Waals surface area contributed by atoms with Crippen LogP contribution in [0.5, 0.6) is 0 Å². The van der Waals surface area contributed by atoms with Crippen molar-refractivity contribution in [3.8, 4) is 0 Å². The van der Waals surface area contributed by atoms with E-state index in [1.807, 2.05) is 12.1 Å². The summed E-state index contributed by atoms with van der Waals surface area (Å²) in [4.78, 5) is 22.7. The smallest absolute Gasteiger partial charge is 0.279 e. The van der Waals surface area contributed by atoms with E-state index in [0.29, 0.717) is 11.3 Å². The molecule has 0 aliphatic heterocycles. The van der Waals surface area contributed by atoms with Gasteiger partial charge >= 0.3 is 0 Å². The summed E-state index contributed by atoms with van der Waals surface area (Å²) in [5.41, 5.74) is -0.112. The van der Waals surface area contributed by atoms with Gasteiger partial charge in [0.2, 0.25) is 0 Å². The topological polar surface area (TPSA) is 60.2 Å². The van der Waals surface area contributed by atoms with Crippen LogP contribution in [0.25, 0.3) is 0 Å². The van der Waals surface area contributed by atoms with Gasteiger partial charge < -0.3 is 0 Å². The quantitative estimate of drug-likeness (QED) is 0.481. The molecule has 19 heavy (non-hydrogen) atoms. The number of halogens is 1. The van der Waals surface area contributed by atoms with Crippen molar-refractivity contribution in [2.24, 2.45) is 0 Å². The molecule has 6 heteroatoms. The van der Waals surface area contributed by atoms with Crippen molar-refractivity contribution in [2.75, 3.05) is 0 Å². The Labute approximate surface area is 118 Å².